The van der Waals surface area contributed by atoms with Gasteiger partial charge in [0, 0.05) is 17.8 Å². The Balaban J connectivity index is 1.85. The highest BCUT2D eigenvalue weighted by molar-refractivity contribution is 7.09. The van der Waals surface area contributed by atoms with Gasteiger partial charge in [0.05, 0.1) is 25.9 Å². The topological polar surface area (TPSA) is 49.8 Å². The van der Waals surface area contributed by atoms with E-state index in [-0.39, 0.29) is 18.6 Å². The lowest BCUT2D eigenvalue weighted by molar-refractivity contribution is -0.141. The van der Waals surface area contributed by atoms with Gasteiger partial charge in [-0.25, -0.2) is 0 Å². The van der Waals surface area contributed by atoms with E-state index in [4.69, 9.17) is 4.74 Å². The van der Waals surface area contributed by atoms with Gasteiger partial charge in [-0.3, -0.25) is 4.79 Å². The van der Waals surface area contributed by atoms with Crippen molar-refractivity contribution in [3.8, 4) is 0 Å². The molecule has 1 aromatic rings. The number of hydrogen-bond acceptors (Lipinski definition) is 4. The second-order valence-electron chi connectivity index (χ2n) is 4.08. The predicted molar refractivity (Wildman–Crippen MR) is 66.0 cm³/mol. The Labute approximate surface area is 105 Å². The van der Waals surface area contributed by atoms with Crippen molar-refractivity contribution in [2.45, 2.75) is 18.9 Å². The molecule has 1 unspecified atom stereocenters. The molecule has 1 fully saturated rings. The fraction of sp³-hybridized carbons (Fsp3) is 0.583. The number of morpholine rings is 1. The molecule has 1 aliphatic rings. The zero-order valence-electron chi connectivity index (χ0n) is 9.67. The minimum absolute atomic E-state index is 0.0231. The summed E-state index contributed by atoms with van der Waals surface area (Å²) in [5.41, 5.74) is 0. The van der Waals surface area contributed by atoms with E-state index >= 15 is 0 Å². The number of aryl methyl sites for hydroxylation is 1. The third-order valence-corrected chi connectivity index (χ3v) is 3.86. The van der Waals surface area contributed by atoms with Crippen molar-refractivity contribution in [1.29, 1.82) is 0 Å². The number of carbonyl (C=O) groups excluding carboxylic acids is 1. The van der Waals surface area contributed by atoms with Gasteiger partial charge in [-0.1, -0.05) is 6.07 Å². The Bertz CT molecular complexity index is 353. The number of amides is 1. The summed E-state index contributed by atoms with van der Waals surface area (Å²) in [4.78, 5) is 15.0. The van der Waals surface area contributed by atoms with Gasteiger partial charge in [-0.15, -0.1) is 11.3 Å². The van der Waals surface area contributed by atoms with Crippen molar-refractivity contribution >= 4 is 17.2 Å². The molecule has 1 amide bonds. The summed E-state index contributed by atoms with van der Waals surface area (Å²) in [7, 11) is 0. The molecule has 94 valence electrons. The van der Waals surface area contributed by atoms with Crippen molar-refractivity contribution in [3.05, 3.63) is 22.4 Å². The van der Waals surface area contributed by atoms with Crippen molar-refractivity contribution in [3.63, 3.8) is 0 Å². The minimum atomic E-state index is -0.167. The van der Waals surface area contributed by atoms with E-state index in [0.29, 0.717) is 26.2 Å². The highest BCUT2D eigenvalue weighted by Crippen LogP contribution is 2.14. The molecule has 1 atom stereocenters. The standard InChI is InChI=1S/C12H17NO3S/c14-8-10-9-16-6-5-13(10)12(15)4-3-11-2-1-7-17-11/h1-2,7,10,14H,3-6,8-9H2. The average Bonchev–Trinajstić information content (AvgIpc) is 2.89. The maximum atomic E-state index is 12.0. The second kappa shape index (κ2) is 6.14. The molecule has 1 saturated heterocycles. The first-order valence-corrected chi connectivity index (χ1v) is 6.69. The van der Waals surface area contributed by atoms with E-state index in [2.05, 4.69) is 0 Å². The average molecular weight is 255 g/mol. The van der Waals surface area contributed by atoms with Crippen LogP contribution < -0.4 is 0 Å². The van der Waals surface area contributed by atoms with Gasteiger partial charge in [0.15, 0.2) is 0 Å². The van der Waals surface area contributed by atoms with Crippen LogP contribution >= 0.6 is 11.3 Å². The number of hydrogen-bond donors (Lipinski definition) is 1. The number of aliphatic hydroxyl groups is 1. The van der Waals surface area contributed by atoms with Crippen LogP contribution in [-0.4, -0.2) is 48.3 Å². The third kappa shape index (κ3) is 3.28. The minimum Gasteiger partial charge on any atom is -0.394 e. The monoisotopic (exact) mass is 255 g/mol. The summed E-state index contributed by atoms with van der Waals surface area (Å²) in [5, 5.41) is 11.2. The quantitative estimate of drug-likeness (QED) is 0.869. The molecule has 0 radical (unpaired) electrons. The van der Waals surface area contributed by atoms with Gasteiger partial charge >= 0.3 is 0 Å². The Hall–Kier alpha value is -0.910. The van der Waals surface area contributed by atoms with E-state index in [1.807, 2.05) is 17.5 Å². The molecule has 0 bridgehead atoms. The summed E-state index contributed by atoms with van der Waals surface area (Å²) in [5.74, 6) is 0.112. The first-order chi connectivity index (χ1) is 8.31. The van der Waals surface area contributed by atoms with Crippen LogP contribution in [0.15, 0.2) is 17.5 Å². The smallest absolute Gasteiger partial charge is 0.223 e. The van der Waals surface area contributed by atoms with E-state index < -0.39 is 0 Å². The maximum Gasteiger partial charge on any atom is 0.223 e. The summed E-state index contributed by atoms with van der Waals surface area (Å²) < 4.78 is 5.25. The summed E-state index contributed by atoms with van der Waals surface area (Å²) in [6.07, 6.45) is 1.29. The second-order valence-corrected chi connectivity index (χ2v) is 5.11. The molecule has 1 aliphatic heterocycles. The van der Waals surface area contributed by atoms with Crippen LogP contribution in [0.5, 0.6) is 0 Å². The molecule has 0 spiro atoms. The molecule has 4 nitrogen and oxygen atoms in total. The zero-order chi connectivity index (χ0) is 12.1. The van der Waals surface area contributed by atoms with Crippen LogP contribution in [0.2, 0.25) is 0 Å². The first kappa shape index (κ1) is 12.5. The van der Waals surface area contributed by atoms with Crippen molar-refractivity contribution in [2.75, 3.05) is 26.4 Å². The largest absolute Gasteiger partial charge is 0.394 e. The lowest BCUT2D eigenvalue weighted by atomic mass is 10.2. The van der Waals surface area contributed by atoms with Crippen LogP contribution in [0, 0.1) is 0 Å². The Morgan fingerprint density at radius 2 is 2.53 bits per heavy atom. The number of ether oxygens (including phenoxy) is 1. The zero-order valence-corrected chi connectivity index (χ0v) is 10.5. The normalized spacial score (nSPS) is 20.5. The first-order valence-electron chi connectivity index (χ1n) is 5.81. The van der Waals surface area contributed by atoms with Gasteiger partial charge in [0.25, 0.3) is 0 Å². The van der Waals surface area contributed by atoms with Crippen LogP contribution in [0.25, 0.3) is 0 Å². The third-order valence-electron chi connectivity index (χ3n) is 2.92. The molecule has 1 N–H and O–H groups in total. The molecule has 17 heavy (non-hydrogen) atoms. The highest BCUT2D eigenvalue weighted by Gasteiger charge is 2.26. The molecule has 0 saturated carbocycles. The molecule has 5 heteroatoms. The van der Waals surface area contributed by atoms with Gasteiger partial charge in [-0.05, 0) is 17.9 Å². The number of nitrogens with zero attached hydrogens (tertiary/aromatic N) is 1. The summed E-state index contributed by atoms with van der Waals surface area (Å²) >= 11 is 1.67. The van der Waals surface area contributed by atoms with Gasteiger partial charge in [0.1, 0.15) is 0 Å². The van der Waals surface area contributed by atoms with E-state index in [0.717, 1.165) is 6.42 Å². The Morgan fingerprint density at radius 1 is 1.65 bits per heavy atom. The van der Waals surface area contributed by atoms with Crippen molar-refractivity contribution < 1.29 is 14.6 Å². The number of carbonyl (C=O) groups is 1. The number of rotatable bonds is 4. The lowest BCUT2D eigenvalue weighted by Gasteiger charge is -2.34. The predicted octanol–water partition coefficient (Wildman–Crippen LogP) is 0.900. The van der Waals surface area contributed by atoms with E-state index in [1.165, 1.54) is 4.88 Å². The maximum absolute atomic E-state index is 12.0. The van der Waals surface area contributed by atoms with Crippen LogP contribution in [-0.2, 0) is 16.0 Å². The van der Waals surface area contributed by atoms with Crippen molar-refractivity contribution in [2.24, 2.45) is 0 Å². The molecule has 2 heterocycles. The summed E-state index contributed by atoms with van der Waals surface area (Å²) in [6.45, 7) is 1.59. The SMILES string of the molecule is O=C(CCc1cccs1)N1CCOCC1CO. The van der Waals surface area contributed by atoms with Crippen LogP contribution in [0.4, 0.5) is 0 Å². The van der Waals surface area contributed by atoms with E-state index in [9.17, 15) is 9.90 Å². The number of thiophene rings is 1. The molecular weight excluding hydrogens is 238 g/mol. The molecule has 0 aliphatic carbocycles. The Morgan fingerprint density at radius 3 is 3.24 bits per heavy atom. The van der Waals surface area contributed by atoms with Gasteiger partial charge in [0.2, 0.25) is 5.91 Å². The van der Waals surface area contributed by atoms with Crippen LogP contribution in [0.1, 0.15) is 11.3 Å². The number of aliphatic hydroxyl groups excluding tert-OH is 1. The Kier molecular flexibility index (Phi) is 4.53. The van der Waals surface area contributed by atoms with Crippen LogP contribution in [0.3, 0.4) is 0 Å². The van der Waals surface area contributed by atoms with Gasteiger partial charge < -0.3 is 14.7 Å². The lowest BCUT2D eigenvalue weighted by Crippen LogP contribution is -2.50. The molecule has 1 aromatic heterocycles. The highest BCUT2D eigenvalue weighted by atomic mass is 32.1. The molecule has 0 aromatic carbocycles. The molecule has 2 rings (SSSR count). The summed E-state index contributed by atoms with van der Waals surface area (Å²) in [6, 6.07) is 3.87. The molecular formula is C12H17NO3S. The van der Waals surface area contributed by atoms with Gasteiger partial charge in [-0.2, -0.15) is 0 Å². The van der Waals surface area contributed by atoms with Crippen molar-refractivity contribution in [1.82, 2.24) is 4.90 Å². The van der Waals surface area contributed by atoms with E-state index in [1.54, 1.807) is 16.2 Å². The fourth-order valence-corrected chi connectivity index (χ4v) is 2.67. The fourth-order valence-electron chi connectivity index (χ4n) is 1.96.